The number of ether oxygens (including phenoxy) is 1. The zero-order valence-electron chi connectivity index (χ0n) is 6.37. The summed E-state index contributed by atoms with van der Waals surface area (Å²) >= 11 is 0. The van der Waals surface area contributed by atoms with Gasteiger partial charge in [0.1, 0.15) is 5.75 Å². The van der Waals surface area contributed by atoms with Crippen LogP contribution in [-0.4, -0.2) is 7.11 Å². The minimum absolute atomic E-state index is 0.462. The molecule has 0 bridgehead atoms. The molecule has 0 saturated carbocycles. The van der Waals surface area contributed by atoms with Crippen molar-refractivity contribution in [3.63, 3.8) is 0 Å². The third-order valence-corrected chi connectivity index (χ3v) is 1.44. The lowest BCUT2D eigenvalue weighted by Crippen LogP contribution is -2.60. The standard InChI is InChI=1S/C8H10N2O/c1-11-8-4-2-7(3-5-8)6-10-9/h2-5,10H,6H2,1H3. The van der Waals surface area contributed by atoms with Crippen LogP contribution in [0.3, 0.4) is 0 Å². The van der Waals surface area contributed by atoms with Gasteiger partial charge < -0.3 is 15.4 Å². The number of nitrogens with one attached hydrogen (secondary N) is 1. The van der Waals surface area contributed by atoms with E-state index in [9.17, 15) is 0 Å². The summed E-state index contributed by atoms with van der Waals surface area (Å²) in [5.74, 6) is 0.826. The Balaban J connectivity index is 2.74. The molecule has 1 aromatic carbocycles. The van der Waals surface area contributed by atoms with Crippen molar-refractivity contribution < 1.29 is 9.85 Å². The van der Waals surface area contributed by atoms with E-state index in [1.807, 2.05) is 24.3 Å². The lowest BCUT2D eigenvalue weighted by molar-refractivity contribution is -0.498. The molecule has 1 aromatic rings. The maximum absolute atomic E-state index is 8.36. The molecular formula is C8H10N2O. The summed E-state index contributed by atoms with van der Waals surface area (Å²) in [4.78, 5) is 0. The smallest absolute Gasteiger partial charge is 0.155 e. The van der Waals surface area contributed by atoms with Crippen LogP contribution < -0.4 is 9.85 Å². The number of nitrogens with zero attached hydrogens (tertiary/aromatic N) is 1. The molecule has 0 radical (unpaired) electrons. The Morgan fingerprint density at radius 1 is 1.36 bits per heavy atom. The summed E-state index contributed by atoms with van der Waals surface area (Å²) in [6, 6.07) is 7.49. The predicted molar refractivity (Wildman–Crippen MR) is 41.0 cm³/mol. The molecule has 58 valence electrons. The van der Waals surface area contributed by atoms with Crippen molar-refractivity contribution in [1.82, 2.24) is 0 Å². The van der Waals surface area contributed by atoms with Crippen molar-refractivity contribution in [1.29, 1.82) is 0 Å². The van der Waals surface area contributed by atoms with Crippen LogP contribution in [0.5, 0.6) is 5.75 Å². The quantitative estimate of drug-likeness (QED) is 0.619. The van der Waals surface area contributed by atoms with Crippen molar-refractivity contribution >= 4 is 0 Å². The highest BCUT2D eigenvalue weighted by atomic mass is 16.5. The third-order valence-electron chi connectivity index (χ3n) is 1.44. The molecule has 0 amide bonds. The van der Waals surface area contributed by atoms with Gasteiger partial charge in [-0.3, -0.25) is 0 Å². The Hall–Kier alpha value is -1.38. The number of methoxy groups -OCH3 is 1. The maximum Gasteiger partial charge on any atom is 0.155 e. The van der Waals surface area contributed by atoms with Gasteiger partial charge in [0.15, 0.2) is 6.54 Å². The molecule has 0 fully saturated rings. The van der Waals surface area contributed by atoms with E-state index in [0.29, 0.717) is 6.54 Å². The lowest BCUT2D eigenvalue weighted by atomic mass is 10.2. The normalized spacial score (nSPS) is 9.18. The largest absolute Gasteiger partial charge is 0.508 e. The van der Waals surface area contributed by atoms with Crippen LogP contribution in [0.1, 0.15) is 5.56 Å². The second kappa shape index (κ2) is 3.71. The first-order chi connectivity index (χ1) is 5.36. The van der Waals surface area contributed by atoms with Gasteiger partial charge in [0.2, 0.25) is 0 Å². The van der Waals surface area contributed by atoms with Crippen LogP contribution in [0, 0.1) is 0 Å². The lowest BCUT2D eigenvalue weighted by Gasteiger charge is -1.98. The van der Waals surface area contributed by atoms with Gasteiger partial charge in [-0.2, -0.15) is 0 Å². The summed E-state index contributed by atoms with van der Waals surface area (Å²) in [5, 5.41) is 2.08. The maximum atomic E-state index is 8.36. The van der Waals surface area contributed by atoms with E-state index in [1.54, 1.807) is 7.11 Å². The van der Waals surface area contributed by atoms with Crippen LogP contribution in [0.4, 0.5) is 0 Å². The first-order valence-electron chi connectivity index (χ1n) is 3.36. The van der Waals surface area contributed by atoms with E-state index in [2.05, 4.69) is 5.11 Å². The van der Waals surface area contributed by atoms with Gasteiger partial charge in [0.05, 0.1) is 7.11 Å². The average molecular weight is 150 g/mol. The summed E-state index contributed by atoms with van der Waals surface area (Å²) < 4.78 is 4.96. The molecule has 3 heteroatoms. The molecule has 11 heavy (non-hydrogen) atoms. The molecule has 0 heterocycles. The van der Waals surface area contributed by atoms with E-state index in [0.717, 1.165) is 11.3 Å². The van der Waals surface area contributed by atoms with Crippen LogP contribution in [0.2, 0.25) is 0 Å². The summed E-state index contributed by atoms with van der Waals surface area (Å²) in [7, 11) is 1.62. The summed E-state index contributed by atoms with van der Waals surface area (Å²) in [6.45, 7) is 0.462. The molecule has 0 aromatic heterocycles. The highest BCUT2D eigenvalue weighted by molar-refractivity contribution is 5.26. The molecule has 0 unspecified atom stereocenters. The highest BCUT2D eigenvalue weighted by Crippen LogP contribution is 2.09. The van der Waals surface area contributed by atoms with Gasteiger partial charge in [-0.25, -0.2) is 0 Å². The van der Waals surface area contributed by atoms with Crippen LogP contribution >= 0.6 is 0 Å². The fraction of sp³-hybridized carbons (Fsp3) is 0.250. The molecular weight excluding hydrogens is 140 g/mol. The molecule has 0 atom stereocenters. The highest BCUT2D eigenvalue weighted by Gasteiger charge is 1.92. The Morgan fingerprint density at radius 2 is 2.00 bits per heavy atom. The fourth-order valence-corrected chi connectivity index (χ4v) is 0.835. The van der Waals surface area contributed by atoms with Crippen molar-refractivity contribution in [3.8, 4) is 5.75 Å². The van der Waals surface area contributed by atoms with Gasteiger partial charge in [0, 0.05) is 5.56 Å². The monoisotopic (exact) mass is 150 g/mol. The fourth-order valence-electron chi connectivity index (χ4n) is 0.835. The van der Waals surface area contributed by atoms with Crippen LogP contribution in [-0.2, 0) is 6.54 Å². The molecule has 3 nitrogen and oxygen atoms in total. The minimum Gasteiger partial charge on any atom is -0.508 e. The molecule has 0 saturated heterocycles. The first kappa shape index (κ1) is 7.72. The molecule has 0 aliphatic heterocycles. The van der Waals surface area contributed by atoms with Crippen LogP contribution in [0.15, 0.2) is 24.3 Å². The number of benzene rings is 1. The van der Waals surface area contributed by atoms with Gasteiger partial charge in [0.25, 0.3) is 0 Å². The molecule has 1 N–H and O–H groups in total. The number of hydrogen-bond acceptors (Lipinski definition) is 1. The molecule has 0 aliphatic carbocycles. The second-order valence-electron chi connectivity index (χ2n) is 2.18. The molecule has 1 rings (SSSR count). The average Bonchev–Trinajstić information content (AvgIpc) is 2.07. The van der Waals surface area contributed by atoms with E-state index in [1.165, 1.54) is 0 Å². The minimum atomic E-state index is 0.462. The van der Waals surface area contributed by atoms with E-state index in [-0.39, 0.29) is 0 Å². The second-order valence-corrected chi connectivity index (χ2v) is 2.18. The van der Waals surface area contributed by atoms with Crippen molar-refractivity contribution in [2.45, 2.75) is 6.54 Å². The van der Waals surface area contributed by atoms with E-state index >= 15 is 0 Å². The van der Waals surface area contributed by atoms with Gasteiger partial charge >= 0.3 is 0 Å². The van der Waals surface area contributed by atoms with E-state index < -0.39 is 0 Å². The summed E-state index contributed by atoms with van der Waals surface area (Å²) in [5.41, 5.74) is 9.39. The topological polar surface area (TPSA) is 45.5 Å². The van der Waals surface area contributed by atoms with Gasteiger partial charge in [-0.15, -0.1) is 0 Å². The first-order valence-corrected chi connectivity index (χ1v) is 3.36. The third kappa shape index (κ3) is 2.04. The number of hydrogen-bond donors (Lipinski definition) is 1. The van der Waals surface area contributed by atoms with Crippen LogP contribution in [0.25, 0.3) is 5.53 Å². The molecule has 0 spiro atoms. The van der Waals surface area contributed by atoms with Crippen molar-refractivity contribution in [3.05, 3.63) is 35.4 Å². The Kier molecular flexibility index (Phi) is 2.60. The Labute approximate surface area is 65.5 Å². The van der Waals surface area contributed by atoms with Gasteiger partial charge in [-0.05, 0) is 24.3 Å². The number of rotatable bonds is 3. The predicted octanol–water partition coefficient (Wildman–Crippen LogP) is 0.297. The van der Waals surface area contributed by atoms with Crippen molar-refractivity contribution in [2.24, 2.45) is 0 Å². The SMILES string of the molecule is COc1ccc(C[NH+]=[N-])cc1. The zero-order chi connectivity index (χ0) is 8.10. The Bertz CT molecular complexity index is 230. The molecule has 0 aliphatic rings. The Morgan fingerprint density at radius 3 is 2.45 bits per heavy atom. The van der Waals surface area contributed by atoms with Crippen molar-refractivity contribution in [2.75, 3.05) is 7.11 Å². The summed E-state index contributed by atoms with van der Waals surface area (Å²) in [6.07, 6.45) is 0. The zero-order valence-corrected chi connectivity index (χ0v) is 6.37. The van der Waals surface area contributed by atoms with Gasteiger partial charge in [-0.1, -0.05) is 0 Å². The van der Waals surface area contributed by atoms with E-state index in [4.69, 9.17) is 10.3 Å².